The van der Waals surface area contributed by atoms with Gasteiger partial charge in [0.2, 0.25) is 0 Å². The van der Waals surface area contributed by atoms with Crippen molar-refractivity contribution in [2.75, 3.05) is 26.2 Å². The molecule has 2 rings (SSSR count). The molecule has 0 bridgehead atoms. The van der Waals surface area contributed by atoms with Crippen molar-refractivity contribution in [1.82, 2.24) is 10.2 Å². The van der Waals surface area contributed by atoms with Gasteiger partial charge in [-0.3, -0.25) is 4.90 Å². The lowest BCUT2D eigenvalue weighted by molar-refractivity contribution is 0.163. The van der Waals surface area contributed by atoms with E-state index in [1.807, 2.05) is 6.07 Å². The molecule has 1 N–H and O–H groups in total. The summed E-state index contributed by atoms with van der Waals surface area (Å²) in [5, 5.41) is 3.85. The maximum absolute atomic E-state index is 13.6. The van der Waals surface area contributed by atoms with E-state index in [2.05, 4.69) is 17.1 Å². The van der Waals surface area contributed by atoms with Gasteiger partial charge in [-0.1, -0.05) is 31.4 Å². The van der Waals surface area contributed by atoms with Crippen molar-refractivity contribution in [1.29, 1.82) is 0 Å². The number of rotatable bonds is 5. The summed E-state index contributed by atoms with van der Waals surface area (Å²) in [6.45, 7) is 6.23. The molecule has 122 valence electrons. The van der Waals surface area contributed by atoms with Crippen LogP contribution in [-0.2, 0) is 0 Å². The van der Waals surface area contributed by atoms with E-state index in [0.717, 1.165) is 51.0 Å². The number of hydrogen-bond acceptors (Lipinski definition) is 2. The second-order valence-corrected chi connectivity index (χ2v) is 5.58. The van der Waals surface area contributed by atoms with Crippen LogP contribution in [0.5, 0.6) is 0 Å². The van der Waals surface area contributed by atoms with Crippen molar-refractivity contribution < 1.29 is 4.39 Å². The molecule has 0 amide bonds. The number of nitrogens with zero attached hydrogens (tertiary/aromatic N) is 1. The maximum atomic E-state index is 13.6. The zero-order valence-corrected chi connectivity index (χ0v) is 14.7. The number of unbranched alkanes of at least 4 members (excludes halogenated alkanes) is 1. The van der Waals surface area contributed by atoms with Crippen LogP contribution < -0.4 is 5.32 Å². The lowest BCUT2D eigenvalue weighted by Gasteiger charge is -2.35. The van der Waals surface area contributed by atoms with Gasteiger partial charge in [0.15, 0.2) is 0 Å². The Balaban J connectivity index is 0.00000200. The highest BCUT2D eigenvalue weighted by atomic mass is 35.5. The van der Waals surface area contributed by atoms with Gasteiger partial charge in [-0.25, -0.2) is 4.39 Å². The molecule has 21 heavy (non-hydrogen) atoms. The van der Waals surface area contributed by atoms with Crippen LogP contribution in [0.15, 0.2) is 18.2 Å². The number of halogens is 4. The largest absolute Gasteiger partial charge is 0.314 e. The summed E-state index contributed by atoms with van der Waals surface area (Å²) in [6.07, 6.45) is 3.38. The molecule has 1 saturated heterocycles. The van der Waals surface area contributed by atoms with Gasteiger partial charge in [-0.2, -0.15) is 0 Å². The second kappa shape index (κ2) is 10.6. The minimum absolute atomic E-state index is 0. The Morgan fingerprint density at radius 1 is 1.24 bits per heavy atom. The van der Waals surface area contributed by atoms with Gasteiger partial charge < -0.3 is 5.32 Å². The van der Waals surface area contributed by atoms with Crippen molar-refractivity contribution in [3.63, 3.8) is 0 Å². The number of nitrogens with one attached hydrogen (secondary N) is 1. The number of benzene rings is 1. The van der Waals surface area contributed by atoms with Crippen LogP contribution >= 0.6 is 36.4 Å². The molecule has 6 heteroatoms. The van der Waals surface area contributed by atoms with E-state index in [9.17, 15) is 4.39 Å². The van der Waals surface area contributed by atoms with Crippen LogP contribution in [-0.4, -0.2) is 31.1 Å². The Bertz CT molecular complexity index is 392. The predicted octanol–water partition coefficient (Wildman–Crippen LogP) is 4.46. The van der Waals surface area contributed by atoms with E-state index >= 15 is 0 Å². The summed E-state index contributed by atoms with van der Waals surface area (Å²) in [4.78, 5) is 2.44. The molecule has 0 radical (unpaired) electrons. The Labute approximate surface area is 144 Å². The average molecular weight is 358 g/mol. The molecular formula is C15H24Cl3FN2. The summed E-state index contributed by atoms with van der Waals surface area (Å²) in [6, 6.07) is 5.20. The first-order valence-corrected chi connectivity index (χ1v) is 7.49. The van der Waals surface area contributed by atoms with Crippen LogP contribution in [0.25, 0.3) is 0 Å². The van der Waals surface area contributed by atoms with Crippen LogP contribution in [0, 0.1) is 5.82 Å². The molecule has 0 unspecified atom stereocenters. The van der Waals surface area contributed by atoms with Gasteiger partial charge in [0.1, 0.15) is 5.82 Å². The molecule has 1 aromatic carbocycles. The van der Waals surface area contributed by atoms with E-state index < -0.39 is 0 Å². The van der Waals surface area contributed by atoms with Gasteiger partial charge in [-0.15, -0.1) is 24.8 Å². The lowest BCUT2D eigenvalue weighted by atomic mass is 9.98. The average Bonchev–Trinajstić information content (AvgIpc) is 2.39. The quantitative estimate of drug-likeness (QED) is 0.837. The van der Waals surface area contributed by atoms with Crippen LogP contribution in [0.2, 0.25) is 5.02 Å². The third-order valence-corrected chi connectivity index (χ3v) is 3.91. The second-order valence-electron chi connectivity index (χ2n) is 5.15. The highest BCUT2D eigenvalue weighted by molar-refractivity contribution is 6.30. The number of piperazine rings is 1. The Kier molecular flexibility index (Phi) is 10.6. The third kappa shape index (κ3) is 6.29. The smallest absolute Gasteiger partial charge is 0.125 e. The third-order valence-electron chi connectivity index (χ3n) is 3.69. The van der Waals surface area contributed by atoms with E-state index in [-0.39, 0.29) is 36.7 Å². The SMILES string of the molecule is CCCC[C@@H](c1cc(F)cc(Cl)c1)N1CCNCC1.Cl.Cl. The van der Waals surface area contributed by atoms with Crippen molar-refractivity contribution in [2.45, 2.75) is 32.2 Å². The van der Waals surface area contributed by atoms with Crippen LogP contribution in [0.1, 0.15) is 37.8 Å². The summed E-state index contributed by atoms with van der Waals surface area (Å²) in [5.41, 5.74) is 1.01. The Morgan fingerprint density at radius 3 is 2.48 bits per heavy atom. The van der Waals surface area contributed by atoms with Gasteiger partial charge in [0.05, 0.1) is 0 Å². The van der Waals surface area contributed by atoms with Crippen molar-refractivity contribution in [2.24, 2.45) is 0 Å². The predicted molar refractivity (Wildman–Crippen MR) is 92.6 cm³/mol. The van der Waals surface area contributed by atoms with E-state index in [1.165, 1.54) is 6.07 Å². The van der Waals surface area contributed by atoms with E-state index in [1.54, 1.807) is 6.07 Å². The van der Waals surface area contributed by atoms with Crippen LogP contribution in [0.3, 0.4) is 0 Å². The standard InChI is InChI=1S/C15H22ClFN2.2ClH/c1-2-3-4-15(19-7-5-18-6-8-19)12-9-13(16)11-14(17)10-12;;/h9-11,15,18H,2-8H2,1H3;2*1H/t15-;;/m0../s1. The summed E-state index contributed by atoms with van der Waals surface area (Å²) in [5.74, 6) is -0.237. The van der Waals surface area contributed by atoms with Gasteiger partial charge in [-0.05, 0) is 30.2 Å². The molecule has 1 atom stereocenters. The molecule has 1 aliphatic rings. The first-order chi connectivity index (χ1) is 9.20. The highest BCUT2D eigenvalue weighted by Gasteiger charge is 2.22. The maximum Gasteiger partial charge on any atom is 0.125 e. The Hall–Kier alpha value is -0.0600. The van der Waals surface area contributed by atoms with E-state index in [4.69, 9.17) is 11.6 Å². The molecule has 0 saturated carbocycles. The van der Waals surface area contributed by atoms with Crippen LogP contribution in [0.4, 0.5) is 4.39 Å². The highest BCUT2D eigenvalue weighted by Crippen LogP contribution is 2.29. The molecule has 1 aliphatic heterocycles. The molecule has 1 aromatic rings. The first kappa shape index (κ1) is 20.9. The fourth-order valence-corrected chi connectivity index (χ4v) is 2.95. The molecule has 2 nitrogen and oxygen atoms in total. The molecule has 0 aliphatic carbocycles. The Morgan fingerprint density at radius 2 is 1.90 bits per heavy atom. The lowest BCUT2D eigenvalue weighted by Crippen LogP contribution is -2.45. The number of hydrogen-bond donors (Lipinski definition) is 1. The first-order valence-electron chi connectivity index (χ1n) is 7.11. The van der Waals surface area contributed by atoms with Crippen molar-refractivity contribution in [3.05, 3.63) is 34.6 Å². The van der Waals surface area contributed by atoms with Gasteiger partial charge in [0.25, 0.3) is 0 Å². The zero-order chi connectivity index (χ0) is 13.7. The monoisotopic (exact) mass is 356 g/mol. The molecule has 0 aromatic heterocycles. The van der Waals surface area contributed by atoms with E-state index in [0.29, 0.717) is 5.02 Å². The zero-order valence-electron chi connectivity index (χ0n) is 12.3. The summed E-state index contributed by atoms with van der Waals surface area (Å²) in [7, 11) is 0. The topological polar surface area (TPSA) is 15.3 Å². The molecular weight excluding hydrogens is 334 g/mol. The van der Waals surface area contributed by atoms with Crippen molar-refractivity contribution >= 4 is 36.4 Å². The van der Waals surface area contributed by atoms with Crippen molar-refractivity contribution in [3.8, 4) is 0 Å². The molecule has 1 heterocycles. The molecule has 0 spiro atoms. The minimum Gasteiger partial charge on any atom is -0.314 e. The fraction of sp³-hybridized carbons (Fsp3) is 0.600. The normalized spacial score (nSPS) is 16.7. The summed E-state index contributed by atoms with van der Waals surface area (Å²) < 4.78 is 13.6. The fourth-order valence-electron chi connectivity index (χ4n) is 2.72. The summed E-state index contributed by atoms with van der Waals surface area (Å²) >= 11 is 6.00. The molecule has 1 fully saturated rings. The van der Waals surface area contributed by atoms with Gasteiger partial charge >= 0.3 is 0 Å². The minimum atomic E-state index is -0.237. The van der Waals surface area contributed by atoms with Gasteiger partial charge in [0, 0.05) is 37.2 Å².